The van der Waals surface area contributed by atoms with Crippen LogP contribution in [-0.4, -0.2) is 4.57 Å². The standard InChI is InChI=1S/C36H55Br2N/c1-3-5-7-9-11-13-14-16-18-20-22-30(21-19-17-15-12-10-8-6-4-2)29-39-35-27-31(37)23-25-33(35)34-26-24-32(38)28-36(34)39/h23-28,30H,3-22,29H2,1-2H3. The minimum Gasteiger partial charge on any atom is -0.340 e. The van der Waals surface area contributed by atoms with E-state index in [1.807, 2.05) is 0 Å². The van der Waals surface area contributed by atoms with E-state index < -0.39 is 0 Å². The fourth-order valence-electron chi connectivity index (χ4n) is 6.31. The van der Waals surface area contributed by atoms with Crippen LogP contribution in [0, 0.1) is 5.92 Å². The van der Waals surface area contributed by atoms with Gasteiger partial charge in [0.05, 0.1) is 11.0 Å². The van der Waals surface area contributed by atoms with Gasteiger partial charge in [0.15, 0.2) is 0 Å². The number of halogens is 2. The molecule has 1 nitrogen and oxygen atoms in total. The highest BCUT2D eigenvalue weighted by atomic mass is 79.9. The summed E-state index contributed by atoms with van der Waals surface area (Å²) in [4.78, 5) is 0. The van der Waals surface area contributed by atoms with Gasteiger partial charge in [-0.25, -0.2) is 0 Å². The molecule has 0 spiro atoms. The highest BCUT2D eigenvalue weighted by molar-refractivity contribution is 9.10. The van der Waals surface area contributed by atoms with Gasteiger partial charge in [0.2, 0.25) is 0 Å². The van der Waals surface area contributed by atoms with Crippen molar-refractivity contribution < 1.29 is 0 Å². The van der Waals surface area contributed by atoms with E-state index in [-0.39, 0.29) is 0 Å². The van der Waals surface area contributed by atoms with E-state index in [1.54, 1.807) is 0 Å². The smallest absolute Gasteiger partial charge is 0.0502 e. The minimum absolute atomic E-state index is 0.760. The first-order valence-corrected chi connectivity index (χ1v) is 18.1. The molecule has 3 rings (SSSR count). The SMILES string of the molecule is CCCCCCCCCCCCC(CCCCCCCCCC)Cn1c2cc(Br)ccc2c2ccc(Br)cc21. The predicted octanol–water partition coefficient (Wildman–Crippen LogP) is 13.8. The normalized spacial score (nSPS) is 12.6. The fourth-order valence-corrected chi connectivity index (χ4v) is 7.01. The maximum absolute atomic E-state index is 3.75. The molecule has 0 aliphatic heterocycles. The molecule has 39 heavy (non-hydrogen) atoms. The Morgan fingerprint density at radius 1 is 0.513 bits per heavy atom. The molecular weight excluding hydrogens is 606 g/mol. The van der Waals surface area contributed by atoms with Crippen molar-refractivity contribution >= 4 is 53.7 Å². The lowest BCUT2D eigenvalue weighted by atomic mass is 9.93. The largest absolute Gasteiger partial charge is 0.340 e. The number of benzene rings is 2. The Morgan fingerprint density at radius 3 is 1.26 bits per heavy atom. The van der Waals surface area contributed by atoms with E-state index >= 15 is 0 Å². The van der Waals surface area contributed by atoms with Gasteiger partial charge in [0.25, 0.3) is 0 Å². The van der Waals surface area contributed by atoms with E-state index in [2.05, 4.69) is 86.7 Å². The molecule has 218 valence electrons. The van der Waals surface area contributed by atoms with E-state index in [0.717, 1.165) is 12.5 Å². The highest BCUT2D eigenvalue weighted by Crippen LogP contribution is 2.34. The number of unbranched alkanes of at least 4 members (excludes halogenated alkanes) is 16. The first kappa shape index (κ1) is 32.7. The lowest BCUT2D eigenvalue weighted by molar-refractivity contribution is 0.364. The zero-order valence-corrected chi connectivity index (χ0v) is 28.3. The summed E-state index contributed by atoms with van der Waals surface area (Å²) in [5.41, 5.74) is 2.75. The van der Waals surface area contributed by atoms with Crippen molar-refractivity contribution in [2.24, 2.45) is 5.92 Å². The number of aromatic nitrogens is 1. The van der Waals surface area contributed by atoms with Gasteiger partial charge in [-0.15, -0.1) is 0 Å². The summed E-state index contributed by atoms with van der Waals surface area (Å²) >= 11 is 7.51. The van der Waals surface area contributed by atoms with Gasteiger partial charge in [-0.2, -0.15) is 0 Å². The molecule has 0 aliphatic carbocycles. The molecule has 1 aromatic heterocycles. The van der Waals surface area contributed by atoms with Crippen LogP contribution < -0.4 is 0 Å². The Morgan fingerprint density at radius 2 is 0.872 bits per heavy atom. The Bertz CT molecular complexity index is 1010. The van der Waals surface area contributed by atoms with Gasteiger partial charge in [-0.1, -0.05) is 173 Å². The third kappa shape index (κ3) is 11.5. The van der Waals surface area contributed by atoms with Gasteiger partial charge in [-0.3, -0.25) is 0 Å². The zero-order valence-electron chi connectivity index (χ0n) is 25.1. The monoisotopic (exact) mass is 659 g/mol. The topological polar surface area (TPSA) is 4.93 Å². The summed E-state index contributed by atoms with van der Waals surface area (Å²) in [7, 11) is 0. The minimum atomic E-state index is 0.760. The van der Waals surface area contributed by atoms with Gasteiger partial charge in [0, 0.05) is 26.3 Å². The molecule has 0 radical (unpaired) electrons. The van der Waals surface area contributed by atoms with Crippen molar-refractivity contribution in [1.82, 2.24) is 4.57 Å². The van der Waals surface area contributed by atoms with Crippen molar-refractivity contribution in [1.29, 1.82) is 0 Å². The van der Waals surface area contributed by atoms with Crippen LogP contribution in [0.3, 0.4) is 0 Å². The average molecular weight is 662 g/mol. The van der Waals surface area contributed by atoms with Crippen LogP contribution in [0.1, 0.15) is 142 Å². The maximum Gasteiger partial charge on any atom is 0.0502 e. The van der Waals surface area contributed by atoms with Gasteiger partial charge < -0.3 is 4.57 Å². The van der Waals surface area contributed by atoms with E-state index in [9.17, 15) is 0 Å². The third-order valence-corrected chi connectivity index (χ3v) is 9.65. The van der Waals surface area contributed by atoms with Crippen molar-refractivity contribution in [3.05, 3.63) is 45.3 Å². The van der Waals surface area contributed by atoms with Crippen molar-refractivity contribution in [2.45, 2.75) is 149 Å². The Labute approximate surface area is 257 Å². The first-order chi connectivity index (χ1) is 19.1. The second kappa shape index (κ2) is 19.3. The Hall–Kier alpha value is -0.800. The second-order valence-corrected chi connectivity index (χ2v) is 13.9. The number of nitrogens with zero attached hydrogens (tertiary/aromatic N) is 1. The third-order valence-electron chi connectivity index (χ3n) is 8.66. The first-order valence-electron chi connectivity index (χ1n) is 16.5. The average Bonchev–Trinajstić information content (AvgIpc) is 3.22. The Kier molecular flexibility index (Phi) is 16.2. The number of rotatable bonds is 22. The summed E-state index contributed by atoms with van der Waals surface area (Å²) in [6.45, 7) is 5.76. The molecule has 1 unspecified atom stereocenters. The van der Waals surface area contributed by atoms with Gasteiger partial charge in [-0.05, 0) is 43.0 Å². The number of hydrogen-bond acceptors (Lipinski definition) is 0. The van der Waals surface area contributed by atoms with Gasteiger partial charge in [0.1, 0.15) is 0 Å². The highest BCUT2D eigenvalue weighted by Gasteiger charge is 2.16. The van der Waals surface area contributed by atoms with Crippen LogP contribution in [-0.2, 0) is 6.54 Å². The molecule has 0 fully saturated rings. The van der Waals surface area contributed by atoms with Crippen molar-refractivity contribution in [3.63, 3.8) is 0 Å². The molecule has 2 aromatic carbocycles. The predicted molar refractivity (Wildman–Crippen MR) is 182 cm³/mol. The molecule has 3 aromatic rings. The van der Waals surface area contributed by atoms with Crippen LogP contribution >= 0.6 is 31.9 Å². The van der Waals surface area contributed by atoms with Crippen LogP contribution in [0.25, 0.3) is 21.8 Å². The van der Waals surface area contributed by atoms with Crippen LogP contribution in [0.15, 0.2) is 45.3 Å². The van der Waals surface area contributed by atoms with Crippen LogP contribution in [0.4, 0.5) is 0 Å². The van der Waals surface area contributed by atoms with Crippen LogP contribution in [0.2, 0.25) is 0 Å². The molecule has 0 amide bonds. The summed E-state index contributed by atoms with van der Waals surface area (Å²) in [6.07, 6.45) is 28.2. The van der Waals surface area contributed by atoms with Crippen molar-refractivity contribution in [3.8, 4) is 0 Å². The quantitative estimate of drug-likeness (QED) is 0.0945. The molecular formula is C36H55Br2N. The fraction of sp³-hybridized carbons (Fsp3) is 0.667. The van der Waals surface area contributed by atoms with E-state index in [1.165, 1.54) is 159 Å². The molecule has 3 heteroatoms. The summed E-state index contributed by atoms with van der Waals surface area (Å²) in [5.74, 6) is 0.760. The second-order valence-electron chi connectivity index (χ2n) is 12.0. The molecule has 0 N–H and O–H groups in total. The lowest BCUT2D eigenvalue weighted by Crippen LogP contribution is -2.11. The van der Waals surface area contributed by atoms with Crippen molar-refractivity contribution in [2.75, 3.05) is 0 Å². The van der Waals surface area contributed by atoms with E-state index in [0.29, 0.717) is 0 Å². The maximum atomic E-state index is 3.75. The van der Waals surface area contributed by atoms with Crippen LogP contribution in [0.5, 0.6) is 0 Å². The number of fused-ring (bicyclic) bond motifs is 3. The zero-order chi connectivity index (χ0) is 27.7. The molecule has 1 heterocycles. The molecule has 0 aliphatic rings. The summed E-state index contributed by atoms with van der Waals surface area (Å²) in [5, 5.41) is 2.76. The Balaban J connectivity index is 1.58. The van der Waals surface area contributed by atoms with E-state index in [4.69, 9.17) is 0 Å². The summed E-state index contributed by atoms with van der Waals surface area (Å²) < 4.78 is 4.98. The lowest BCUT2D eigenvalue weighted by Gasteiger charge is -2.20. The molecule has 0 saturated carbocycles. The van der Waals surface area contributed by atoms with Gasteiger partial charge >= 0.3 is 0 Å². The number of hydrogen-bond donors (Lipinski definition) is 0. The molecule has 1 atom stereocenters. The molecule has 0 bridgehead atoms. The summed E-state index contributed by atoms with van der Waals surface area (Å²) in [6, 6.07) is 13.6. The molecule has 0 saturated heterocycles.